The fourth-order valence-corrected chi connectivity index (χ4v) is 5.81. The molecule has 0 aliphatic heterocycles. The van der Waals surface area contributed by atoms with Gasteiger partial charge in [0.15, 0.2) is 0 Å². The molecule has 3 fully saturated rings. The second-order valence-corrected chi connectivity index (χ2v) is 9.41. The topological polar surface area (TPSA) is 0 Å². The molecule has 4 unspecified atom stereocenters. The second-order valence-electron chi connectivity index (χ2n) is 9.41. The van der Waals surface area contributed by atoms with Crippen LogP contribution in [0, 0.1) is 35.5 Å². The predicted molar refractivity (Wildman–Crippen MR) is 93.2 cm³/mol. The van der Waals surface area contributed by atoms with E-state index in [4.69, 9.17) is 0 Å². The highest BCUT2D eigenvalue weighted by Gasteiger charge is 2.52. The van der Waals surface area contributed by atoms with Crippen molar-refractivity contribution < 1.29 is 17.6 Å². The molecule has 0 aromatic carbocycles. The Kier molecular flexibility index (Phi) is 6.05. The monoisotopic (exact) mass is 362 g/mol. The van der Waals surface area contributed by atoms with Crippen LogP contribution in [0.4, 0.5) is 17.6 Å². The van der Waals surface area contributed by atoms with Gasteiger partial charge < -0.3 is 0 Å². The fourth-order valence-electron chi connectivity index (χ4n) is 5.81. The lowest BCUT2D eigenvalue weighted by molar-refractivity contribution is -0.151. The van der Waals surface area contributed by atoms with E-state index in [1.807, 2.05) is 0 Å². The number of alkyl halides is 4. The molecule has 0 N–H and O–H groups in total. The minimum absolute atomic E-state index is 0.120. The summed E-state index contributed by atoms with van der Waals surface area (Å²) in [4.78, 5) is 0. The maximum Gasteiger partial charge on any atom is 0.253 e. The van der Waals surface area contributed by atoms with E-state index < -0.39 is 36.0 Å². The van der Waals surface area contributed by atoms with Gasteiger partial charge in [0.1, 0.15) is 12.3 Å². The first kappa shape index (κ1) is 19.5. The molecule has 0 bridgehead atoms. The Bertz CT molecular complexity index is 410. The van der Waals surface area contributed by atoms with Crippen molar-refractivity contribution in [3.05, 3.63) is 0 Å². The highest BCUT2D eigenvalue weighted by Crippen LogP contribution is 2.50. The number of hydrogen-bond acceptors (Lipinski definition) is 0. The Labute approximate surface area is 150 Å². The summed E-state index contributed by atoms with van der Waals surface area (Å²) in [5.41, 5.74) is 0. The molecule has 0 aromatic rings. The Morgan fingerprint density at radius 2 is 1.20 bits per heavy atom. The Morgan fingerprint density at radius 1 is 0.680 bits per heavy atom. The predicted octanol–water partition coefficient (Wildman–Crippen LogP) is 6.98. The van der Waals surface area contributed by atoms with Crippen molar-refractivity contribution in [1.29, 1.82) is 0 Å². The molecule has 0 radical (unpaired) electrons. The molecule has 4 heteroatoms. The lowest BCUT2D eigenvalue weighted by atomic mass is 9.66. The van der Waals surface area contributed by atoms with Crippen LogP contribution in [-0.2, 0) is 0 Å². The molecule has 146 valence electrons. The van der Waals surface area contributed by atoms with Gasteiger partial charge in [0, 0.05) is 11.8 Å². The number of hydrogen-bond donors (Lipinski definition) is 0. The first-order chi connectivity index (χ1) is 11.8. The average molecular weight is 362 g/mol. The molecule has 3 aliphatic rings. The van der Waals surface area contributed by atoms with Crippen molar-refractivity contribution in [2.75, 3.05) is 0 Å². The van der Waals surface area contributed by atoms with E-state index in [-0.39, 0.29) is 12.8 Å². The van der Waals surface area contributed by atoms with E-state index in [0.29, 0.717) is 18.8 Å². The highest BCUT2D eigenvalue weighted by molar-refractivity contribution is 4.95. The van der Waals surface area contributed by atoms with Crippen LogP contribution in [0.15, 0.2) is 0 Å². The van der Waals surface area contributed by atoms with Crippen molar-refractivity contribution >= 4 is 0 Å². The third-order valence-electron chi connectivity index (χ3n) is 7.64. The average Bonchev–Trinajstić information content (AvgIpc) is 2.60. The van der Waals surface area contributed by atoms with E-state index in [0.717, 1.165) is 24.7 Å². The smallest absolute Gasteiger partial charge is 0.244 e. The number of halogens is 4. The first-order valence-corrected chi connectivity index (χ1v) is 10.4. The molecule has 25 heavy (non-hydrogen) atoms. The van der Waals surface area contributed by atoms with Crippen molar-refractivity contribution in [2.45, 2.75) is 96.3 Å². The van der Waals surface area contributed by atoms with Crippen LogP contribution in [0.1, 0.15) is 78.1 Å². The summed E-state index contributed by atoms with van der Waals surface area (Å²) in [5.74, 6) is -2.91. The van der Waals surface area contributed by atoms with E-state index in [2.05, 4.69) is 6.92 Å². The molecule has 0 saturated heterocycles. The van der Waals surface area contributed by atoms with Crippen LogP contribution in [0.5, 0.6) is 0 Å². The summed E-state index contributed by atoms with van der Waals surface area (Å²) in [6.45, 7) is 3.87. The summed E-state index contributed by atoms with van der Waals surface area (Å²) < 4.78 is 57.4. The van der Waals surface area contributed by atoms with Crippen molar-refractivity contribution in [2.24, 2.45) is 35.5 Å². The summed E-state index contributed by atoms with van der Waals surface area (Å²) in [6.07, 6.45) is 4.51. The van der Waals surface area contributed by atoms with Crippen LogP contribution >= 0.6 is 0 Å². The SMILES string of the molecule is CC1CCC(C2CCC(C(F)(F)C3CC(C)C(F)C(F)C3)CC2)CC1. The van der Waals surface area contributed by atoms with Gasteiger partial charge in [-0.15, -0.1) is 0 Å². The van der Waals surface area contributed by atoms with Gasteiger partial charge in [0.05, 0.1) is 0 Å². The van der Waals surface area contributed by atoms with Gasteiger partial charge in [0.25, 0.3) is 5.92 Å². The molecular formula is C21H34F4. The minimum atomic E-state index is -2.84. The van der Waals surface area contributed by atoms with Gasteiger partial charge in [-0.05, 0) is 75.0 Å². The van der Waals surface area contributed by atoms with Crippen LogP contribution < -0.4 is 0 Å². The molecule has 4 atom stereocenters. The van der Waals surface area contributed by atoms with Gasteiger partial charge in [-0.3, -0.25) is 0 Å². The zero-order valence-electron chi connectivity index (χ0n) is 15.7. The van der Waals surface area contributed by atoms with Crippen LogP contribution in [0.25, 0.3) is 0 Å². The largest absolute Gasteiger partial charge is 0.253 e. The third-order valence-corrected chi connectivity index (χ3v) is 7.64. The maximum atomic E-state index is 15.0. The normalized spacial score (nSPS) is 46.8. The van der Waals surface area contributed by atoms with Gasteiger partial charge in [-0.2, -0.15) is 0 Å². The maximum absolute atomic E-state index is 15.0. The standard InChI is InChI=1S/C21H34F4/c1-13-3-5-15(6-4-13)16-7-9-17(10-8-16)21(24,25)18-11-14(2)20(23)19(22)12-18/h13-20H,3-12H2,1-2H3. The first-order valence-electron chi connectivity index (χ1n) is 10.4. The molecule has 3 rings (SSSR count). The second kappa shape index (κ2) is 7.76. The molecule has 0 aromatic heterocycles. The zero-order valence-corrected chi connectivity index (χ0v) is 15.7. The quantitative estimate of drug-likeness (QED) is 0.475. The van der Waals surface area contributed by atoms with E-state index >= 15 is 8.78 Å². The Balaban J connectivity index is 1.54. The molecule has 0 heterocycles. The summed E-state index contributed by atoms with van der Waals surface area (Å²) in [7, 11) is 0. The molecule has 0 spiro atoms. The highest BCUT2D eigenvalue weighted by atomic mass is 19.3. The van der Waals surface area contributed by atoms with Crippen LogP contribution in [0.3, 0.4) is 0 Å². The molecule has 3 aliphatic carbocycles. The van der Waals surface area contributed by atoms with Gasteiger partial charge in [-0.25, -0.2) is 17.6 Å². The Morgan fingerprint density at radius 3 is 1.72 bits per heavy atom. The van der Waals surface area contributed by atoms with Crippen molar-refractivity contribution in [3.8, 4) is 0 Å². The summed E-state index contributed by atoms with van der Waals surface area (Å²) in [6, 6.07) is 0. The summed E-state index contributed by atoms with van der Waals surface area (Å²) >= 11 is 0. The van der Waals surface area contributed by atoms with Gasteiger partial charge in [0.2, 0.25) is 0 Å². The van der Waals surface area contributed by atoms with Crippen LogP contribution in [0.2, 0.25) is 0 Å². The van der Waals surface area contributed by atoms with E-state index in [1.165, 1.54) is 25.7 Å². The van der Waals surface area contributed by atoms with Gasteiger partial charge in [-0.1, -0.05) is 26.7 Å². The lowest BCUT2D eigenvalue weighted by Gasteiger charge is -2.43. The molecule has 0 nitrogen and oxygen atoms in total. The van der Waals surface area contributed by atoms with E-state index in [9.17, 15) is 8.78 Å². The molecule has 3 saturated carbocycles. The van der Waals surface area contributed by atoms with Crippen LogP contribution in [-0.4, -0.2) is 18.3 Å². The fraction of sp³-hybridized carbons (Fsp3) is 1.00. The third kappa shape index (κ3) is 4.18. The minimum Gasteiger partial charge on any atom is -0.244 e. The van der Waals surface area contributed by atoms with Gasteiger partial charge >= 0.3 is 0 Å². The molecular weight excluding hydrogens is 328 g/mol. The van der Waals surface area contributed by atoms with Crippen molar-refractivity contribution in [1.82, 2.24) is 0 Å². The summed E-state index contributed by atoms with van der Waals surface area (Å²) in [5, 5.41) is 0. The zero-order chi connectivity index (χ0) is 18.2. The number of rotatable bonds is 3. The van der Waals surface area contributed by atoms with Crippen molar-refractivity contribution in [3.63, 3.8) is 0 Å². The van der Waals surface area contributed by atoms with E-state index in [1.54, 1.807) is 6.92 Å². The lowest BCUT2D eigenvalue weighted by Crippen LogP contribution is -2.46. The molecule has 0 amide bonds. The Hall–Kier alpha value is -0.280.